The van der Waals surface area contributed by atoms with Crippen molar-refractivity contribution in [3.8, 4) is 5.75 Å². The van der Waals surface area contributed by atoms with Crippen molar-refractivity contribution in [2.24, 2.45) is 0 Å². The lowest BCUT2D eigenvalue weighted by atomic mass is 10.1. The van der Waals surface area contributed by atoms with Gasteiger partial charge in [-0.25, -0.2) is 0 Å². The summed E-state index contributed by atoms with van der Waals surface area (Å²) in [6.07, 6.45) is 2.01. The van der Waals surface area contributed by atoms with Gasteiger partial charge in [-0.15, -0.1) is 11.8 Å². The van der Waals surface area contributed by atoms with Gasteiger partial charge in [0.15, 0.2) is 6.61 Å². The van der Waals surface area contributed by atoms with Crippen LogP contribution in [-0.2, 0) is 4.79 Å². The lowest BCUT2D eigenvalue weighted by molar-refractivity contribution is -0.118. The second-order valence-corrected chi connectivity index (χ2v) is 6.18. The Labute approximate surface area is 136 Å². The highest BCUT2D eigenvalue weighted by Gasteiger charge is 2.09. The van der Waals surface area contributed by atoms with Gasteiger partial charge in [0.1, 0.15) is 5.75 Å². The fourth-order valence-electron chi connectivity index (χ4n) is 2.43. The Bertz CT molecular complexity index is 660. The standard InChI is InChI=1S/C18H21NO2S/c1-12-8-13(2)18(14(3)9-12)21-11-17(20)19-15-6-5-7-16(10-15)22-4/h5-10H,11H2,1-4H3,(H,19,20). The SMILES string of the molecule is CSc1cccc(NC(=O)COc2c(C)cc(C)cc2C)c1. The fraction of sp³-hybridized carbons (Fsp3) is 0.278. The molecule has 22 heavy (non-hydrogen) atoms. The van der Waals surface area contributed by atoms with Crippen LogP contribution in [0.4, 0.5) is 5.69 Å². The van der Waals surface area contributed by atoms with E-state index in [9.17, 15) is 4.79 Å². The number of carbonyl (C=O) groups is 1. The number of aryl methyl sites for hydroxylation is 3. The monoisotopic (exact) mass is 315 g/mol. The van der Waals surface area contributed by atoms with Gasteiger partial charge in [0.2, 0.25) is 0 Å². The van der Waals surface area contributed by atoms with Gasteiger partial charge in [0.05, 0.1) is 0 Å². The zero-order valence-electron chi connectivity index (χ0n) is 13.4. The van der Waals surface area contributed by atoms with Crippen LogP contribution < -0.4 is 10.1 Å². The normalized spacial score (nSPS) is 10.4. The second kappa shape index (κ2) is 7.36. The third-order valence-corrected chi connectivity index (χ3v) is 4.03. The maximum absolute atomic E-state index is 12.0. The van der Waals surface area contributed by atoms with Crippen molar-refractivity contribution in [3.63, 3.8) is 0 Å². The van der Waals surface area contributed by atoms with Gasteiger partial charge in [-0.3, -0.25) is 4.79 Å². The van der Waals surface area contributed by atoms with E-state index >= 15 is 0 Å². The van der Waals surface area contributed by atoms with Crippen LogP contribution in [-0.4, -0.2) is 18.8 Å². The zero-order chi connectivity index (χ0) is 16.1. The van der Waals surface area contributed by atoms with Crippen LogP contribution in [0.5, 0.6) is 5.75 Å². The van der Waals surface area contributed by atoms with Crippen molar-refractivity contribution >= 4 is 23.4 Å². The summed E-state index contributed by atoms with van der Waals surface area (Å²) in [7, 11) is 0. The molecule has 0 radical (unpaired) electrons. The first-order valence-electron chi connectivity index (χ1n) is 7.14. The summed E-state index contributed by atoms with van der Waals surface area (Å²) >= 11 is 1.64. The molecule has 0 aromatic heterocycles. The second-order valence-electron chi connectivity index (χ2n) is 5.30. The fourth-order valence-corrected chi connectivity index (χ4v) is 2.89. The summed E-state index contributed by atoms with van der Waals surface area (Å²) in [6, 6.07) is 11.9. The molecule has 3 nitrogen and oxygen atoms in total. The number of ether oxygens (including phenoxy) is 1. The van der Waals surface area contributed by atoms with Crippen molar-refractivity contribution in [3.05, 3.63) is 53.1 Å². The van der Waals surface area contributed by atoms with E-state index in [2.05, 4.69) is 24.4 Å². The molecule has 0 heterocycles. The topological polar surface area (TPSA) is 38.3 Å². The summed E-state index contributed by atoms with van der Waals surface area (Å²) in [5, 5.41) is 2.86. The zero-order valence-corrected chi connectivity index (χ0v) is 14.2. The van der Waals surface area contributed by atoms with Crippen molar-refractivity contribution in [1.29, 1.82) is 0 Å². The molecule has 0 saturated heterocycles. The highest BCUT2D eigenvalue weighted by atomic mass is 32.2. The molecular formula is C18H21NO2S. The van der Waals surface area contributed by atoms with Crippen molar-refractivity contribution < 1.29 is 9.53 Å². The molecule has 1 amide bonds. The first-order valence-corrected chi connectivity index (χ1v) is 8.36. The van der Waals surface area contributed by atoms with Crippen LogP contribution in [0.15, 0.2) is 41.3 Å². The predicted octanol–water partition coefficient (Wildman–Crippen LogP) is 4.35. The summed E-state index contributed by atoms with van der Waals surface area (Å²) in [4.78, 5) is 13.1. The Balaban J connectivity index is 1.98. The molecule has 0 saturated carbocycles. The van der Waals surface area contributed by atoms with E-state index in [0.717, 1.165) is 27.5 Å². The van der Waals surface area contributed by atoms with Gasteiger partial charge < -0.3 is 10.1 Å². The van der Waals surface area contributed by atoms with Gasteiger partial charge in [-0.2, -0.15) is 0 Å². The largest absolute Gasteiger partial charge is 0.483 e. The minimum atomic E-state index is -0.155. The van der Waals surface area contributed by atoms with E-state index in [1.54, 1.807) is 11.8 Å². The maximum Gasteiger partial charge on any atom is 0.262 e. The first kappa shape index (κ1) is 16.4. The molecule has 0 atom stereocenters. The maximum atomic E-state index is 12.0. The molecule has 2 rings (SSSR count). The molecule has 0 spiro atoms. The number of nitrogens with one attached hydrogen (secondary N) is 1. The quantitative estimate of drug-likeness (QED) is 0.834. The van der Waals surface area contributed by atoms with Gasteiger partial charge >= 0.3 is 0 Å². The minimum Gasteiger partial charge on any atom is -0.483 e. The minimum absolute atomic E-state index is 0.00817. The molecule has 4 heteroatoms. The summed E-state index contributed by atoms with van der Waals surface area (Å²) in [5.74, 6) is 0.635. The van der Waals surface area contributed by atoms with Crippen LogP contribution >= 0.6 is 11.8 Å². The van der Waals surface area contributed by atoms with Crippen molar-refractivity contribution in [1.82, 2.24) is 0 Å². The Morgan fingerprint density at radius 3 is 2.45 bits per heavy atom. The Morgan fingerprint density at radius 2 is 1.82 bits per heavy atom. The number of thioether (sulfide) groups is 1. The van der Waals surface area contributed by atoms with Gasteiger partial charge in [-0.1, -0.05) is 23.8 Å². The molecule has 2 aromatic rings. The van der Waals surface area contributed by atoms with E-state index < -0.39 is 0 Å². The number of rotatable bonds is 5. The van der Waals surface area contributed by atoms with Crippen LogP contribution in [0.3, 0.4) is 0 Å². The average molecular weight is 315 g/mol. The van der Waals surface area contributed by atoms with E-state index in [4.69, 9.17) is 4.74 Å². The number of hydrogen-bond donors (Lipinski definition) is 1. The van der Waals surface area contributed by atoms with Gasteiger partial charge in [0.25, 0.3) is 5.91 Å². The lowest BCUT2D eigenvalue weighted by Crippen LogP contribution is -2.20. The van der Waals surface area contributed by atoms with Crippen molar-refractivity contribution in [2.45, 2.75) is 25.7 Å². The smallest absolute Gasteiger partial charge is 0.262 e. The average Bonchev–Trinajstić information content (AvgIpc) is 2.46. The molecule has 0 bridgehead atoms. The van der Waals surface area contributed by atoms with Crippen LogP contribution in [0.25, 0.3) is 0 Å². The highest BCUT2D eigenvalue weighted by molar-refractivity contribution is 7.98. The number of amides is 1. The van der Waals surface area contributed by atoms with E-state index in [0.29, 0.717) is 0 Å². The predicted molar refractivity (Wildman–Crippen MR) is 93.0 cm³/mol. The number of benzene rings is 2. The Morgan fingerprint density at radius 1 is 1.14 bits per heavy atom. The van der Waals surface area contributed by atoms with Gasteiger partial charge in [-0.05, 0) is 56.4 Å². The molecule has 116 valence electrons. The van der Waals surface area contributed by atoms with E-state index in [1.807, 2.05) is 44.4 Å². The van der Waals surface area contributed by atoms with Gasteiger partial charge in [0, 0.05) is 10.6 Å². The molecule has 1 N–H and O–H groups in total. The van der Waals surface area contributed by atoms with Crippen molar-refractivity contribution in [2.75, 3.05) is 18.2 Å². The number of carbonyl (C=O) groups excluding carboxylic acids is 1. The molecule has 2 aromatic carbocycles. The third kappa shape index (κ3) is 4.28. The highest BCUT2D eigenvalue weighted by Crippen LogP contribution is 2.24. The molecule has 0 aliphatic heterocycles. The Hall–Kier alpha value is -1.94. The molecule has 0 aliphatic rings. The molecule has 0 unspecified atom stereocenters. The Kier molecular flexibility index (Phi) is 5.50. The summed E-state index contributed by atoms with van der Waals surface area (Å²) in [6.45, 7) is 6.05. The third-order valence-electron chi connectivity index (χ3n) is 3.31. The van der Waals surface area contributed by atoms with Crippen LogP contribution in [0, 0.1) is 20.8 Å². The van der Waals surface area contributed by atoms with E-state index in [-0.39, 0.29) is 12.5 Å². The lowest BCUT2D eigenvalue weighted by Gasteiger charge is -2.13. The molecular weight excluding hydrogens is 294 g/mol. The van der Waals surface area contributed by atoms with Crippen LogP contribution in [0.1, 0.15) is 16.7 Å². The first-order chi connectivity index (χ1) is 10.5. The molecule has 0 aliphatic carbocycles. The summed E-state index contributed by atoms with van der Waals surface area (Å²) in [5.41, 5.74) is 4.09. The number of anilines is 1. The van der Waals surface area contributed by atoms with Crippen LogP contribution in [0.2, 0.25) is 0 Å². The number of hydrogen-bond acceptors (Lipinski definition) is 3. The van der Waals surface area contributed by atoms with E-state index in [1.165, 1.54) is 5.56 Å². The summed E-state index contributed by atoms with van der Waals surface area (Å²) < 4.78 is 5.70. The molecule has 0 fully saturated rings.